The van der Waals surface area contributed by atoms with Gasteiger partial charge in [-0.3, -0.25) is 0 Å². The Morgan fingerprint density at radius 3 is 2.26 bits per heavy atom. The molecule has 3 nitrogen and oxygen atoms in total. The minimum atomic E-state index is 0.0916. The molecule has 0 N–H and O–H groups in total. The molecule has 0 saturated carbocycles. The van der Waals surface area contributed by atoms with Crippen molar-refractivity contribution < 1.29 is 0 Å². The number of rotatable bonds is 1. The monoisotopic (exact) mass is 271 g/mol. The predicted molar refractivity (Wildman–Crippen MR) is 75.9 cm³/mol. The van der Waals surface area contributed by atoms with E-state index < -0.39 is 0 Å². The molecule has 0 atom stereocenters. The van der Waals surface area contributed by atoms with Crippen molar-refractivity contribution >= 4 is 11.6 Å². The van der Waals surface area contributed by atoms with Gasteiger partial charge in [-0.15, -0.1) is 0 Å². The lowest BCUT2D eigenvalue weighted by molar-refractivity contribution is 0.590. The lowest BCUT2D eigenvalue weighted by atomic mass is 9.86. The molecule has 1 aromatic carbocycles. The van der Waals surface area contributed by atoms with E-state index in [0.29, 0.717) is 5.69 Å². The van der Waals surface area contributed by atoms with Crippen molar-refractivity contribution in [1.29, 1.82) is 5.26 Å². The largest absolute Gasteiger partial charge is 0.224 e. The summed E-state index contributed by atoms with van der Waals surface area (Å²) in [5, 5.41) is 8.98. The Labute approximate surface area is 117 Å². The van der Waals surface area contributed by atoms with Crippen LogP contribution in [-0.4, -0.2) is 9.97 Å². The van der Waals surface area contributed by atoms with Crippen molar-refractivity contribution in [3.63, 3.8) is 0 Å². The molecule has 0 radical (unpaired) electrons. The minimum Gasteiger partial charge on any atom is -0.218 e. The first-order valence-corrected chi connectivity index (χ1v) is 6.33. The van der Waals surface area contributed by atoms with Crippen molar-refractivity contribution in [3.8, 4) is 17.3 Å². The van der Waals surface area contributed by atoms with Crippen LogP contribution < -0.4 is 0 Å². The number of nitriles is 1. The third-order valence-corrected chi connectivity index (χ3v) is 3.03. The Morgan fingerprint density at radius 2 is 1.74 bits per heavy atom. The number of benzene rings is 1. The standard InChI is InChI=1S/C15H14ClN3/c1-15(2,3)11-6-4-10(5-7-11)13-8-12(9-17)18-14(16)19-13/h4-8H,1-3H3. The Hall–Kier alpha value is -1.92. The van der Waals surface area contributed by atoms with Gasteiger partial charge in [0.15, 0.2) is 0 Å². The van der Waals surface area contributed by atoms with Crippen molar-refractivity contribution in [3.05, 3.63) is 46.9 Å². The van der Waals surface area contributed by atoms with Gasteiger partial charge in [0.05, 0.1) is 5.69 Å². The fourth-order valence-electron chi connectivity index (χ4n) is 1.76. The molecule has 2 aromatic rings. The number of hydrogen-bond acceptors (Lipinski definition) is 3. The first kappa shape index (κ1) is 13.5. The molecular formula is C15H14ClN3. The predicted octanol–water partition coefficient (Wildman–Crippen LogP) is 3.97. The summed E-state index contributed by atoms with van der Waals surface area (Å²) in [5.74, 6) is 0. The molecule has 0 aliphatic heterocycles. The van der Waals surface area contributed by atoms with Crippen LogP contribution in [0.4, 0.5) is 0 Å². The summed E-state index contributed by atoms with van der Waals surface area (Å²) in [6.07, 6.45) is 0. The lowest BCUT2D eigenvalue weighted by Gasteiger charge is -2.19. The van der Waals surface area contributed by atoms with Crippen LogP contribution in [0.15, 0.2) is 30.3 Å². The highest BCUT2D eigenvalue weighted by molar-refractivity contribution is 6.28. The maximum Gasteiger partial charge on any atom is 0.224 e. The summed E-state index contributed by atoms with van der Waals surface area (Å²) >= 11 is 5.81. The van der Waals surface area contributed by atoms with E-state index in [-0.39, 0.29) is 16.4 Å². The lowest BCUT2D eigenvalue weighted by Crippen LogP contribution is -2.10. The molecule has 96 valence electrons. The maximum absolute atomic E-state index is 8.89. The maximum atomic E-state index is 8.89. The van der Waals surface area contributed by atoms with Gasteiger partial charge in [0.25, 0.3) is 0 Å². The van der Waals surface area contributed by atoms with Crippen LogP contribution in [0.1, 0.15) is 32.0 Å². The SMILES string of the molecule is CC(C)(C)c1ccc(-c2cc(C#N)nc(Cl)n2)cc1. The summed E-state index contributed by atoms with van der Waals surface area (Å²) in [7, 11) is 0. The normalized spacial score (nSPS) is 11.1. The second-order valence-electron chi connectivity index (χ2n) is 5.35. The molecular weight excluding hydrogens is 258 g/mol. The van der Waals surface area contributed by atoms with Gasteiger partial charge in [-0.25, -0.2) is 9.97 Å². The Bertz CT molecular complexity index is 634. The summed E-state index contributed by atoms with van der Waals surface area (Å²) in [6, 6.07) is 11.7. The summed E-state index contributed by atoms with van der Waals surface area (Å²) in [6.45, 7) is 6.49. The van der Waals surface area contributed by atoms with Gasteiger partial charge in [-0.05, 0) is 22.6 Å². The fourth-order valence-corrected chi connectivity index (χ4v) is 1.95. The zero-order valence-corrected chi connectivity index (χ0v) is 11.9. The average molecular weight is 272 g/mol. The molecule has 0 bridgehead atoms. The minimum absolute atomic E-state index is 0.0916. The molecule has 1 aromatic heterocycles. The van der Waals surface area contributed by atoms with Crippen LogP contribution in [0.2, 0.25) is 5.28 Å². The summed E-state index contributed by atoms with van der Waals surface area (Å²) in [4.78, 5) is 7.97. The van der Waals surface area contributed by atoms with Gasteiger partial charge in [0, 0.05) is 11.6 Å². The van der Waals surface area contributed by atoms with Crippen LogP contribution in [-0.2, 0) is 5.41 Å². The van der Waals surface area contributed by atoms with Gasteiger partial charge in [-0.2, -0.15) is 5.26 Å². The Balaban J connectivity index is 2.43. The quantitative estimate of drug-likeness (QED) is 0.738. The van der Waals surface area contributed by atoms with Crippen LogP contribution >= 0.6 is 11.6 Å². The second-order valence-corrected chi connectivity index (χ2v) is 5.68. The molecule has 0 amide bonds. The van der Waals surface area contributed by atoms with E-state index in [2.05, 4.69) is 42.9 Å². The molecule has 0 saturated heterocycles. The number of aromatic nitrogens is 2. The second kappa shape index (κ2) is 4.99. The van der Waals surface area contributed by atoms with Gasteiger partial charge < -0.3 is 0 Å². The molecule has 0 spiro atoms. The van der Waals surface area contributed by atoms with E-state index in [0.717, 1.165) is 5.56 Å². The highest BCUT2D eigenvalue weighted by Gasteiger charge is 2.13. The summed E-state index contributed by atoms with van der Waals surface area (Å²) in [5.41, 5.74) is 3.22. The molecule has 1 heterocycles. The van der Waals surface area contributed by atoms with Crippen molar-refractivity contribution in [2.75, 3.05) is 0 Å². The number of halogens is 1. The summed E-state index contributed by atoms with van der Waals surface area (Å²) < 4.78 is 0. The molecule has 0 aliphatic carbocycles. The Kier molecular flexibility index (Phi) is 3.55. The van der Waals surface area contributed by atoms with Gasteiger partial charge in [0.2, 0.25) is 5.28 Å². The highest BCUT2D eigenvalue weighted by atomic mass is 35.5. The molecule has 0 unspecified atom stereocenters. The molecule has 0 fully saturated rings. The van der Waals surface area contributed by atoms with E-state index >= 15 is 0 Å². The van der Waals surface area contributed by atoms with E-state index in [1.165, 1.54) is 5.56 Å². The van der Waals surface area contributed by atoms with Crippen LogP contribution in [0.3, 0.4) is 0 Å². The van der Waals surface area contributed by atoms with Gasteiger partial charge in [0.1, 0.15) is 11.8 Å². The van der Waals surface area contributed by atoms with E-state index in [1.807, 2.05) is 18.2 Å². The van der Waals surface area contributed by atoms with Crippen molar-refractivity contribution in [2.45, 2.75) is 26.2 Å². The van der Waals surface area contributed by atoms with Crippen LogP contribution in [0.25, 0.3) is 11.3 Å². The topological polar surface area (TPSA) is 49.6 Å². The molecule has 19 heavy (non-hydrogen) atoms. The zero-order chi connectivity index (χ0) is 14.0. The van der Waals surface area contributed by atoms with Gasteiger partial charge >= 0.3 is 0 Å². The molecule has 0 aliphatic rings. The van der Waals surface area contributed by atoms with Crippen LogP contribution in [0, 0.1) is 11.3 Å². The Morgan fingerprint density at radius 1 is 1.11 bits per heavy atom. The van der Waals surface area contributed by atoms with E-state index in [1.54, 1.807) is 6.07 Å². The fraction of sp³-hybridized carbons (Fsp3) is 0.267. The smallest absolute Gasteiger partial charge is 0.218 e. The molecule has 4 heteroatoms. The number of hydrogen-bond donors (Lipinski definition) is 0. The average Bonchev–Trinajstić information content (AvgIpc) is 2.37. The molecule has 2 rings (SSSR count). The van der Waals surface area contributed by atoms with Crippen molar-refractivity contribution in [1.82, 2.24) is 9.97 Å². The van der Waals surface area contributed by atoms with Crippen molar-refractivity contribution in [2.24, 2.45) is 0 Å². The third kappa shape index (κ3) is 3.10. The third-order valence-electron chi connectivity index (χ3n) is 2.86. The first-order valence-electron chi connectivity index (χ1n) is 5.96. The first-order chi connectivity index (χ1) is 8.90. The van der Waals surface area contributed by atoms with Gasteiger partial charge in [-0.1, -0.05) is 45.0 Å². The van der Waals surface area contributed by atoms with E-state index in [9.17, 15) is 0 Å². The van der Waals surface area contributed by atoms with E-state index in [4.69, 9.17) is 16.9 Å². The number of nitrogens with zero attached hydrogens (tertiary/aromatic N) is 3. The highest BCUT2D eigenvalue weighted by Crippen LogP contribution is 2.25. The van der Waals surface area contributed by atoms with Crippen LogP contribution in [0.5, 0.6) is 0 Å². The zero-order valence-electron chi connectivity index (χ0n) is 11.1.